The molecular weight excluding hydrogens is 322 g/mol. The Labute approximate surface area is 145 Å². The zero-order valence-corrected chi connectivity index (χ0v) is 14.2. The lowest BCUT2D eigenvalue weighted by atomic mass is 9.82. The van der Waals surface area contributed by atoms with Crippen LogP contribution >= 0.6 is 11.3 Å². The van der Waals surface area contributed by atoms with E-state index in [9.17, 15) is 9.59 Å². The van der Waals surface area contributed by atoms with E-state index in [1.165, 1.54) is 11.3 Å². The van der Waals surface area contributed by atoms with Crippen LogP contribution in [0.1, 0.15) is 41.8 Å². The summed E-state index contributed by atoms with van der Waals surface area (Å²) in [5, 5.41) is 7.58. The number of benzene rings is 1. The lowest BCUT2D eigenvalue weighted by Crippen LogP contribution is -2.52. The van der Waals surface area contributed by atoms with Crippen LogP contribution in [0.4, 0.5) is 11.4 Å². The molecule has 2 aromatic rings. The topological polar surface area (TPSA) is 84.2 Å². The number of hydrogen-bond donors (Lipinski definition) is 3. The standard InChI is InChI=1S/C18H21N3O2S/c19-18(9-2-1-3-10-18)17(23)21-14-7-4-6-13(12-14)20-16(22)15-8-5-11-24-15/h4-8,11-12H,1-3,9-10,19H2,(H,20,22)(H,21,23). The fourth-order valence-electron chi connectivity index (χ4n) is 2.94. The lowest BCUT2D eigenvalue weighted by molar-refractivity contribution is -0.122. The van der Waals surface area contributed by atoms with E-state index in [2.05, 4.69) is 10.6 Å². The highest BCUT2D eigenvalue weighted by molar-refractivity contribution is 7.12. The molecule has 5 nitrogen and oxygen atoms in total. The van der Waals surface area contributed by atoms with E-state index in [1.54, 1.807) is 30.3 Å². The number of nitrogens with one attached hydrogen (secondary N) is 2. The molecule has 1 aromatic carbocycles. The molecule has 1 saturated carbocycles. The Hall–Kier alpha value is -2.18. The second kappa shape index (κ2) is 7.15. The molecule has 4 N–H and O–H groups in total. The Morgan fingerprint density at radius 2 is 1.71 bits per heavy atom. The highest BCUT2D eigenvalue weighted by atomic mass is 32.1. The number of amides is 2. The summed E-state index contributed by atoms with van der Waals surface area (Å²) < 4.78 is 0. The molecule has 6 heteroatoms. The van der Waals surface area contributed by atoms with Gasteiger partial charge in [-0.2, -0.15) is 0 Å². The third kappa shape index (κ3) is 3.83. The predicted molar refractivity (Wildman–Crippen MR) is 97.3 cm³/mol. The molecule has 0 aliphatic heterocycles. The van der Waals surface area contributed by atoms with E-state index < -0.39 is 5.54 Å². The van der Waals surface area contributed by atoms with Gasteiger partial charge in [0.05, 0.1) is 10.4 Å². The van der Waals surface area contributed by atoms with Gasteiger partial charge in [0.2, 0.25) is 5.91 Å². The van der Waals surface area contributed by atoms with Gasteiger partial charge in [0.1, 0.15) is 0 Å². The maximum atomic E-state index is 12.5. The molecule has 0 bridgehead atoms. The van der Waals surface area contributed by atoms with Crippen LogP contribution in [0, 0.1) is 0 Å². The van der Waals surface area contributed by atoms with Crippen LogP contribution in [0.25, 0.3) is 0 Å². The third-order valence-corrected chi connectivity index (χ3v) is 5.19. The Morgan fingerprint density at radius 1 is 1.00 bits per heavy atom. The monoisotopic (exact) mass is 343 g/mol. The van der Waals surface area contributed by atoms with Crippen molar-refractivity contribution in [3.8, 4) is 0 Å². The van der Waals surface area contributed by atoms with Gasteiger partial charge in [-0.1, -0.05) is 31.4 Å². The summed E-state index contributed by atoms with van der Waals surface area (Å²) in [6.45, 7) is 0. The molecule has 0 radical (unpaired) electrons. The Balaban J connectivity index is 1.67. The van der Waals surface area contributed by atoms with Gasteiger partial charge in [0, 0.05) is 11.4 Å². The number of anilines is 2. The second-order valence-corrected chi connectivity index (χ2v) is 7.13. The minimum absolute atomic E-state index is 0.149. The Kier molecular flexibility index (Phi) is 4.97. The normalized spacial score (nSPS) is 16.4. The lowest BCUT2D eigenvalue weighted by Gasteiger charge is -2.31. The van der Waals surface area contributed by atoms with Gasteiger partial charge in [-0.15, -0.1) is 11.3 Å². The first-order valence-electron chi connectivity index (χ1n) is 8.12. The Morgan fingerprint density at radius 3 is 2.38 bits per heavy atom. The summed E-state index contributed by atoms with van der Waals surface area (Å²) in [7, 11) is 0. The molecule has 1 aliphatic carbocycles. The van der Waals surface area contributed by atoms with E-state index in [4.69, 9.17) is 5.73 Å². The number of thiophene rings is 1. The molecule has 0 atom stereocenters. The van der Waals surface area contributed by atoms with Crippen LogP contribution in [0.15, 0.2) is 41.8 Å². The van der Waals surface area contributed by atoms with E-state index in [1.807, 2.05) is 11.4 Å². The maximum Gasteiger partial charge on any atom is 0.265 e. The largest absolute Gasteiger partial charge is 0.324 e. The van der Waals surface area contributed by atoms with Crippen molar-refractivity contribution in [2.75, 3.05) is 10.6 Å². The minimum Gasteiger partial charge on any atom is -0.324 e. The molecule has 3 rings (SSSR count). The highest BCUT2D eigenvalue weighted by Gasteiger charge is 2.35. The van der Waals surface area contributed by atoms with Crippen molar-refractivity contribution >= 4 is 34.5 Å². The zero-order valence-electron chi connectivity index (χ0n) is 13.4. The average molecular weight is 343 g/mol. The first-order chi connectivity index (χ1) is 11.6. The summed E-state index contributed by atoms with van der Waals surface area (Å²) in [6, 6.07) is 10.7. The van der Waals surface area contributed by atoms with Crippen LogP contribution < -0.4 is 16.4 Å². The summed E-state index contributed by atoms with van der Waals surface area (Å²) in [6.07, 6.45) is 4.54. The van der Waals surface area contributed by atoms with Crippen molar-refractivity contribution in [3.63, 3.8) is 0 Å². The summed E-state index contributed by atoms with van der Waals surface area (Å²) in [5.41, 5.74) is 6.75. The smallest absolute Gasteiger partial charge is 0.265 e. The second-order valence-electron chi connectivity index (χ2n) is 6.18. The zero-order chi connectivity index (χ0) is 17.0. The van der Waals surface area contributed by atoms with Gasteiger partial charge in [-0.05, 0) is 42.5 Å². The van der Waals surface area contributed by atoms with Crippen LogP contribution in [-0.4, -0.2) is 17.4 Å². The molecule has 1 aliphatic rings. The number of carbonyl (C=O) groups excluding carboxylic acids is 2. The highest BCUT2D eigenvalue weighted by Crippen LogP contribution is 2.27. The summed E-state index contributed by atoms with van der Waals surface area (Å²) >= 11 is 1.39. The van der Waals surface area contributed by atoms with Crippen molar-refractivity contribution in [2.24, 2.45) is 5.73 Å². The first-order valence-corrected chi connectivity index (χ1v) is 9.00. The number of carbonyl (C=O) groups is 2. The van der Waals surface area contributed by atoms with Crippen LogP contribution in [0.5, 0.6) is 0 Å². The van der Waals surface area contributed by atoms with Crippen LogP contribution in [0.2, 0.25) is 0 Å². The minimum atomic E-state index is -0.783. The molecule has 2 amide bonds. The predicted octanol–water partition coefficient (Wildman–Crippen LogP) is 3.60. The molecule has 1 fully saturated rings. The number of rotatable bonds is 4. The molecule has 0 spiro atoms. The maximum absolute atomic E-state index is 12.5. The van der Waals surface area contributed by atoms with Crippen molar-refractivity contribution in [1.29, 1.82) is 0 Å². The molecule has 1 aromatic heterocycles. The molecule has 1 heterocycles. The quantitative estimate of drug-likeness (QED) is 0.793. The molecular formula is C18H21N3O2S. The van der Waals surface area contributed by atoms with Gasteiger partial charge in [0.25, 0.3) is 5.91 Å². The van der Waals surface area contributed by atoms with E-state index in [0.29, 0.717) is 29.1 Å². The van der Waals surface area contributed by atoms with Crippen LogP contribution in [-0.2, 0) is 4.79 Å². The third-order valence-electron chi connectivity index (χ3n) is 4.32. The fraction of sp³-hybridized carbons (Fsp3) is 0.333. The molecule has 0 unspecified atom stereocenters. The van der Waals surface area contributed by atoms with Crippen molar-refractivity contribution in [1.82, 2.24) is 0 Å². The van der Waals surface area contributed by atoms with E-state index in [0.717, 1.165) is 19.3 Å². The van der Waals surface area contributed by atoms with Crippen molar-refractivity contribution in [2.45, 2.75) is 37.6 Å². The number of nitrogens with two attached hydrogens (primary N) is 1. The van der Waals surface area contributed by atoms with Crippen molar-refractivity contribution < 1.29 is 9.59 Å². The van der Waals surface area contributed by atoms with Crippen molar-refractivity contribution in [3.05, 3.63) is 46.7 Å². The van der Waals surface area contributed by atoms with Gasteiger partial charge >= 0.3 is 0 Å². The SMILES string of the molecule is NC1(C(=O)Nc2cccc(NC(=O)c3cccs3)c2)CCCCC1. The fourth-order valence-corrected chi connectivity index (χ4v) is 3.56. The molecule has 0 saturated heterocycles. The van der Waals surface area contributed by atoms with Gasteiger partial charge in [-0.25, -0.2) is 0 Å². The van der Waals surface area contributed by atoms with Gasteiger partial charge < -0.3 is 16.4 Å². The molecule has 24 heavy (non-hydrogen) atoms. The summed E-state index contributed by atoms with van der Waals surface area (Å²) in [4.78, 5) is 25.2. The first kappa shape index (κ1) is 16.7. The molecule has 126 valence electrons. The van der Waals surface area contributed by atoms with E-state index >= 15 is 0 Å². The van der Waals surface area contributed by atoms with E-state index in [-0.39, 0.29) is 11.8 Å². The summed E-state index contributed by atoms with van der Waals surface area (Å²) in [5.74, 6) is -0.306. The van der Waals surface area contributed by atoms with Gasteiger partial charge in [0.15, 0.2) is 0 Å². The number of hydrogen-bond acceptors (Lipinski definition) is 4. The van der Waals surface area contributed by atoms with Gasteiger partial charge in [-0.3, -0.25) is 9.59 Å². The Bertz CT molecular complexity index is 722. The van der Waals surface area contributed by atoms with Crippen LogP contribution in [0.3, 0.4) is 0 Å². The average Bonchev–Trinajstić information content (AvgIpc) is 3.10.